The van der Waals surface area contributed by atoms with Gasteiger partial charge in [0.2, 0.25) is 5.95 Å². The third-order valence-corrected chi connectivity index (χ3v) is 8.21. The fourth-order valence-electron chi connectivity index (χ4n) is 4.91. The van der Waals surface area contributed by atoms with Gasteiger partial charge in [0.15, 0.2) is 5.16 Å². The summed E-state index contributed by atoms with van der Waals surface area (Å²) in [6.45, 7) is 4.77. The molecule has 3 aromatic heterocycles. The third kappa shape index (κ3) is 3.69. The summed E-state index contributed by atoms with van der Waals surface area (Å²) >= 11 is 1.20. The second kappa shape index (κ2) is 8.21. The van der Waals surface area contributed by atoms with Gasteiger partial charge in [0.05, 0.1) is 28.9 Å². The Morgan fingerprint density at radius 1 is 1.13 bits per heavy atom. The topological polar surface area (TPSA) is 123 Å². The number of alkyl halides is 3. The number of halogens is 3. The lowest BCUT2D eigenvalue weighted by molar-refractivity contribution is -0.136. The molecule has 0 aliphatic carbocycles. The van der Waals surface area contributed by atoms with Gasteiger partial charge in [-0.1, -0.05) is 43.8 Å². The van der Waals surface area contributed by atoms with E-state index in [1.54, 1.807) is 30.3 Å². The zero-order valence-corrected chi connectivity index (χ0v) is 21.0. The summed E-state index contributed by atoms with van der Waals surface area (Å²) in [5.74, 6) is 0.0852. The number of hydrogen-bond acceptors (Lipinski definition) is 8. The van der Waals surface area contributed by atoms with Crippen LogP contribution in [0.5, 0.6) is 0 Å². The molecular weight excluding hydrogens is 521 g/mol. The molecule has 1 fully saturated rings. The van der Waals surface area contributed by atoms with Gasteiger partial charge in [0.1, 0.15) is 16.9 Å². The molecule has 0 radical (unpaired) electrons. The molecule has 5 heterocycles. The molecule has 4 aromatic rings. The molecule has 38 heavy (non-hydrogen) atoms. The molecule has 1 saturated heterocycles. The highest BCUT2D eigenvalue weighted by Crippen LogP contribution is 2.49. The van der Waals surface area contributed by atoms with E-state index in [1.165, 1.54) is 16.3 Å². The molecule has 6 rings (SSSR count). The highest BCUT2D eigenvalue weighted by Gasteiger charge is 2.50. The van der Waals surface area contributed by atoms with Crippen LogP contribution in [0, 0.1) is 5.41 Å². The molecule has 1 atom stereocenters. The zero-order valence-electron chi connectivity index (χ0n) is 20.2. The summed E-state index contributed by atoms with van der Waals surface area (Å²) in [5.41, 5.74) is 4.34. The molecule has 3 N–H and O–H groups in total. The average molecular weight is 543 g/mol. The number of carbonyl (C=O) groups excluding carboxylic acids is 1. The summed E-state index contributed by atoms with van der Waals surface area (Å²) in [6, 6.07) is 9.23. The first kappa shape index (κ1) is 24.3. The highest BCUT2D eigenvalue weighted by molar-refractivity contribution is 8.00. The molecular formula is C24H21F3N8O2S. The van der Waals surface area contributed by atoms with Crippen LogP contribution in [-0.4, -0.2) is 42.0 Å². The van der Waals surface area contributed by atoms with E-state index in [0.29, 0.717) is 29.3 Å². The smallest absolute Gasteiger partial charge is 0.368 e. The Morgan fingerprint density at radius 3 is 2.55 bits per heavy atom. The van der Waals surface area contributed by atoms with E-state index in [2.05, 4.69) is 20.4 Å². The number of aromatic nitrogens is 5. The number of nitrogens with zero attached hydrogens (tertiary/aromatic N) is 6. The van der Waals surface area contributed by atoms with E-state index in [4.69, 9.17) is 5.73 Å². The largest absolute Gasteiger partial charge is 0.418 e. The number of para-hydroxylation sites is 1. The van der Waals surface area contributed by atoms with Crippen molar-refractivity contribution in [3.8, 4) is 5.69 Å². The molecule has 14 heteroatoms. The van der Waals surface area contributed by atoms with Crippen LogP contribution < -0.4 is 21.5 Å². The van der Waals surface area contributed by atoms with Gasteiger partial charge in [-0.3, -0.25) is 14.2 Å². The van der Waals surface area contributed by atoms with Crippen molar-refractivity contribution in [2.24, 2.45) is 5.41 Å². The Bertz CT molecular complexity index is 1670. The fourth-order valence-corrected chi connectivity index (χ4v) is 6.23. The summed E-state index contributed by atoms with van der Waals surface area (Å²) in [7, 11) is 0. The number of benzene rings is 1. The van der Waals surface area contributed by atoms with E-state index in [0.717, 1.165) is 16.8 Å². The average Bonchev–Trinajstić information content (AvgIpc) is 3.45. The molecule has 0 spiro atoms. The Labute approximate surface area is 217 Å². The summed E-state index contributed by atoms with van der Waals surface area (Å²) < 4.78 is 43.2. The van der Waals surface area contributed by atoms with Crippen LogP contribution in [0.3, 0.4) is 0 Å². The number of nitrogen functional groups attached to an aromatic ring is 1. The first-order chi connectivity index (χ1) is 18.0. The van der Waals surface area contributed by atoms with E-state index in [9.17, 15) is 22.8 Å². The van der Waals surface area contributed by atoms with Crippen molar-refractivity contribution in [1.82, 2.24) is 29.5 Å². The van der Waals surface area contributed by atoms with Crippen LogP contribution in [0.4, 0.5) is 24.9 Å². The standard InChI is InChI=1S/C24H21F3N8O2S/c1-23(2)11-33(17-15-14(10-29-18(15)36)30-21(28)31-17)20(23)38-22-32-34-9-8-13(24(25,26)27)16(34)19(37)35(22)12-6-4-3-5-7-12/h3-9,20H,10-11H2,1-2H3,(H,29,36)(H2,28,30,31). The highest BCUT2D eigenvalue weighted by atomic mass is 32.2. The molecule has 1 aromatic carbocycles. The minimum atomic E-state index is -4.72. The Balaban J connectivity index is 1.50. The Hall–Kier alpha value is -4.07. The van der Waals surface area contributed by atoms with E-state index in [1.807, 2.05) is 18.7 Å². The van der Waals surface area contributed by atoms with Crippen molar-refractivity contribution in [1.29, 1.82) is 0 Å². The minimum Gasteiger partial charge on any atom is -0.368 e. The van der Waals surface area contributed by atoms with Crippen molar-refractivity contribution >= 4 is 35.0 Å². The number of nitrogens with two attached hydrogens (primary N) is 1. The van der Waals surface area contributed by atoms with Crippen LogP contribution in [0.2, 0.25) is 0 Å². The number of nitrogens with one attached hydrogen (secondary N) is 1. The quantitative estimate of drug-likeness (QED) is 0.403. The predicted octanol–water partition coefficient (Wildman–Crippen LogP) is 3.08. The molecule has 0 bridgehead atoms. The van der Waals surface area contributed by atoms with Crippen molar-refractivity contribution in [2.45, 2.75) is 37.1 Å². The molecule has 1 amide bonds. The van der Waals surface area contributed by atoms with Gasteiger partial charge in [-0.2, -0.15) is 18.2 Å². The van der Waals surface area contributed by atoms with Crippen molar-refractivity contribution in [3.63, 3.8) is 0 Å². The maximum Gasteiger partial charge on any atom is 0.418 e. The molecule has 1 unspecified atom stereocenters. The second-order valence-corrected chi connectivity index (χ2v) is 10.8. The SMILES string of the molecule is CC1(C)CN(c2nc(N)nc3c2C(=O)NC3)C1Sc1nn2ccc(C(F)(F)F)c2c(=O)n1-c1ccccc1. The lowest BCUT2D eigenvalue weighted by Crippen LogP contribution is -2.61. The van der Waals surface area contributed by atoms with Crippen molar-refractivity contribution in [2.75, 3.05) is 17.2 Å². The maximum atomic E-state index is 13.7. The van der Waals surface area contributed by atoms with Crippen LogP contribution in [0.25, 0.3) is 11.2 Å². The van der Waals surface area contributed by atoms with E-state index < -0.39 is 22.8 Å². The van der Waals surface area contributed by atoms with Crippen LogP contribution in [0.1, 0.15) is 35.5 Å². The lowest BCUT2D eigenvalue weighted by atomic mass is 9.83. The first-order valence-corrected chi connectivity index (χ1v) is 12.5. The van der Waals surface area contributed by atoms with Gasteiger partial charge in [-0.15, -0.1) is 5.10 Å². The number of fused-ring (bicyclic) bond motifs is 2. The van der Waals surface area contributed by atoms with Gasteiger partial charge < -0.3 is 16.0 Å². The predicted molar refractivity (Wildman–Crippen MR) is 134 cm³/mol. The maximum absolute atomic E-state index is 13.7. The molecule has 2 aliphatic heterocycles. The van der Waals surface area contributed by atoms with E-state index >= 15 is 0 Å². The van der Waals surface area contributed by atoms with Gasteiger partial charge in [-0.05, 0) is 18.2 Å². The minimum absolute atomic E-state index is 0.0245. The number of amides is 1. The fraction of sp³-hybridized carbons (Fsp3) is 0.292. The van der Waals surface area contributed by atoms with Gasteiger partial charge >= 0.3 is 6.18 Å². The van der Waals surface area contributed by atoms with Crippen molar-refractivity contribution in [3.05, 3.63) is 69.8 Å². The van der Waals surface area contributed by atoms with Gasteiger partial charge in [0.25, 0.3) is 11.5 Å². The molecule has 10 nitrogen and oxygen atoms in total. The number of thioether (sulfide) groups is 1. The second-order valence-electron chi connectivity index (χ2n) is 9.78. The van der Waals surface area contributed by atoms with Gasteiger partial charge in [0, 0.05) is 18.2 Å². The summed E-state index contributed by atoms with van der Waals surface area (Å²) in [4.78, 5) is 36.6. The zero-order chi connectivity index (χ0) is 27.0. The Kier molecular flexibility index (Phi) is 5.25. The molecule has 2 aliphatic rings. The van der Waals surface area contributed by atoms with Crippen LogP contribution in [0.15, 0.2) is 52.5 Å². The van der Waals surface area contributed by atoms with Gasteiger partial charge in [-0.25, -0.2) is 9.50 Å². The van der Waals surface area contributed by atoms with E-state index in [-0.39, 0.29) is 34.3 Å². The Morgan fingerprint density at radius 2 is 1.87 bits per heavy atom. The number of hydrogen-bond donors (Lipinski definition) is 2. The first-order valence-electron chi connectivity index (χ1n) is 11.6. The van der Waals surface area contributed by atoms with Crippen molar-refractivity contribution < 1.29 is 18.0 Å². The number of carbonyl (C=O) groups is 1. The van der Waals surface area contributed by atoms with Crippen LogP contribution in [-0.2, 0) is 12.7 Å². The number of anilines is 2. The third-order valence-electron chi connectivity index (χ3n) is 6.62. The summed E-state index contributed by atoms with van der Waals surface area (Å²) in [5, 5.41) is 6.98. The molecule has 196 valence electrons. The normalized spacial score (nSPS) is 18.4. The lowest BCUT2D eigenvalue weighted by Gasteiger charge is -2.54. The summed E-state index contributed by atoms with van der Waals surface area (Å²) in [6.07, 6.45) is -3.59. The number of rotatable bonds is 4. The molecule has 0 saturated carbocycles. The van der Waals surface area contributed by atoms with Crippen LogP contribution >= 0.6 is 11.8 Å². The monoisotopic (exact) mass is 542 g/mol.